The SMILES string of the molecule is C1=CCCC=CCC1.C1=CCCC=CCC1. The molecule has 0 unspecified atom stereocenters. The molecule has 0 aromatic heterocycles. The highest BCUT2D eigenvalue weighted by Crippen LogP contribution is 2.03. The first kappa shape index (κ1) is 13.0. The highest BCUT2D eigenvalue weighted by atomic mass is 13.9. The molecule has 0 fully saturated rings. The fourth-order valence-electron chi connectivity index (χ4n) is 1.71. The van der Waals surface area contributed by atoms with Crippen LogP contribution in [0, 0.1) is 0 Å². The number of hydrogen-bond acceptors (Lipinski definition) is 0. The zero-order chi connectivity index (χ0) is 11.3. The molecule has 2 aliphatic rings. The van der Waals surface area contributed by atoms with Gasteiger partial charge in [0.05, 0.1) is 0 Å². The molecule has 0 saturated carbocycles. The molecule has 0 aromatic carbocycles. The van der Waals surface area contributed by atoms with Gasteiger partial charge in [-0.05, 0) is 51.4 Å². The van der Waals surface area contributed by atoms with E-state index in [0.29, 0.717) is 0 Å². The van der Waals surface area contributed by atoms with Gasteiger partial charge in [0.15, 0.2) is 0 Å². The molecular weight excluding hydrogens is 192 g/mol. The van der Waals surface area contributed by atoms with E-state index >= 15 is 0 Å². The smallest absolute Gasteiger partial charge is 0.0316 e. The van der Waals surface area contributed by atoms with Crippen LogP contribution >= 0.6 is 0 Å². The summed E-state index contributed by atoms with van der Waals surface area (Å²) in [6.07, 6.45) is 28.0. The van der Waals surface area contributed by atoms with Crippen molar-refractivity contribution < 1.29 is 0 Å². The van der Waals surface area contributed by atoms with E-state index in [1.807, 2.05) is 0 Å². The van der Waals surface area contributed by atoms with Crippen molar-refractivity contribution >= 4 is 0 Å². The predicted molar refractivity (Wildman–Crippen MR) is 73.5 cm³/mol. The summed E-state index contributed by atoms with van der Waals surface area (Å²) in [6.45, 7) is 0. The average Bonchev–Trinajstić information content (AvgIpc) is 2.15. The molecular formula is C16H24. The second kappa shape index (κ2) is 10.5. The normalized spacial score (nSPS) is 20.0. The molecule has 2 rings (SSSR count). The minimum absolute atomic E-state index is 1.23. The molecule has 0 saturated heterocycles. The lowest BCUT2D eigenvalue weighted by Gasteiger charge is -1.92. The van der Waals surface area contributed by atoms with Gasteiger partial charge in [0.25, 0.3) is 0 Å². The van der Waals surface area contributed by atoms with Crippen LogP contribution in [-0.2, 0) is 0 Å². The Balaban J connectivity index is 0.000000160. The molecule has 0 nitrogen and oxygen atoms in total. The molecule has 0 atom stereocenters. The summed E-state index contributed by atoms with van der Waals surface area (Å²) in [4.78, 5) is 0. The van der Waals surface area contributed by atoms with Crippen molar-refractivity contribution in [3.8, 4) is 0 Å². The van der Waals surface area contributed by atoms with E-state index in [1.165, 1.54) is 51.4 Å². The van der Waals surface area contributed by atoms with Gasteiger partial charge in [0.1, 0.15) is 0 Å². The first-order valence-electron chi connectivity index (χ1n) is 6.60. The second-order valence-electron chi connectivity index (χ2n) is 4.20. The van der Waals surface area contributed by atoms with Gasteiger partial charge in [-0.25, -0.2) is 0 Å². The predicted octanol–water partition coefficient (Wildman–Crippen LogP) is 5.35. The molecule has 0 heterocycles. The number of hydrogen-bond donors (Lipinski definition) is 0. The molecule has 2 aliphatic carbocycles. The molecule has 0 heteroatoms. The van der Waals surface area contributed by atoms with Gasteiger partial charge >= 0.3 is 0 Å². The lowest BCUT2D eigenvalue weighted by Crippen LogP contribution is -1.71. The summed E-state index contributed by atoms with van der Waals surface area (Å²) in [5.74, 6) is 0. The van der Waals surface area contributed by atoms with Gasteiger partial charge in [0.2, 0.25) is 0 Å². The maximum Gasteiger partial charge on any atom is -0.0316 e. The van der Waals surface area contributed by atoms with Crippen LogP contribution in [0.3, 0.4) is 0 Å². The summed E-state index contributed by atoms with van der Waals surface area (Å²) in [7, 11) is 0. The van der Waals surface area contributed by atoms with Crippen molar-refractivity contribution in [3.05, 3.63) is 48.6 Å². The van der Waals surface area contributed by atoms with Crippen LogP contribution in [0.4, 0.5) is 0 Å². The second-order valence-corrected chi connectivity index (χ2v) is 4.20. The molecule has 0 bridgehead atoms. The zero-order valence-electron chi connectivity index (χ0n) is 10.3. The highest BCUT2D eigenvalue weighted by Gasteiger charge is 1.82. The Hall–Kier alpha value is -1.04. The van der Waals surface area contributed by atoms with Crippen molar-refractivity contribution in [2.24, 2.45) is 0 Å². The van der Waals surface area contributed by atoms with Gasteiger partial charge in [0, 0.05) is 0 Å². The largest absolute Gasteiger partial charge is 0.0882 e. The lowest BCUT2D eigenvalue weighted by atomic mass is 10.1. The fourth-order valence-corrected chi connectivity index (χ4v) is 1.71. The van der Waals surface area contributed by atoms with Gasteiger partial charge in [-0.1, -0.05) is 48.6 Å². The van der Waals surface area contributed by atoms with Crippen molar-refractivity contribution in [2.45, 2.75) is 51.4 Å². The van der Waals surface area contributed by atoms with E-state index in [1.54, 1.807) is 0 Å². The minimum Gasteiger partial charge on any atom is -0.0882 e. The van der Waals surface area contributed by atoms with E-state index in [9.17, 15) is 0 Å². The van der Waals surface area contributed by atoms with Crippen LogP contribution < -0.4 is 0 Å². The first-order chi connectivity index (χ1) is 8.00. The van der Waals surface area contributed by atoms with Gasteiger partial charge in [-0.15, -0.1) is 0 Å². The summed E-state index contributed by atoms with van der Waals surface area (Å²) >= 11 is 0. The topological polar surface area (TPSA) is 0 Å². The van der Waals surface area contributed by atoms with Gasteiger partial charge < -0.3 is 0 Å². The van der Waals surface area contributed by atoms with Crippen LogP contribution in [0.1, 0.15) is 51.4 Å². The van der Waals surface area contributed by atoms with E-state index in [2.05, 4.69) is 48.6 Å². The summed E-state index contributed by atoms with van der Waals surface area (Å²) in [6, 6.07) is 0. The third kappa shape index (κ3) is 8.28. The van der Waals surface area contributed by atoms with Crippen molar-refractivity contribution in [2.75, 3.05) is 0 Å². The van der Waals surface area contributed by atoms with E-state index in [4.69, 9.17) is 0 Å². The van der Waals surface area contributed by atoms with Crippen molar-refractivity contribution in [1.29, 1.82) is 0 Å². The van der Waals surface area contributed by atoms with E-state index in [-0.39, 0.29) is 0 Å². The molecule has 0 spiro atoms. The summed E-state index contributed by atoms with van der Waals surface area (Å²) in [5, 5.41) is 0. The minimum atomic E-state index is 1.23. The van der Waals surface area contributed by atoms with Gasteiger partial charge in [-0.3, -0.25) is 0 Å². The van der Waals surface area contributed by atoms with Crippen molar-refractivity contribution in [3.63, 3.8) is 0 Å². The maximum absolute atomic E-state index is 2.27. The lowest BCUT2D eigenvalue weighted by molar-refractivity contribution is 0.962. The molecule has 88 valence electrons. The van der Waals surface area contributed by atoms with Crippen LogP contribution in [0.5, 0.6) is 0 Å². The third-order valence-corrected chi connectivity index (χ3v) is 2.67. The van der Waals surface area contributed by atoms with Gasteiger partial charge in [-0.2, -0.15) is 0 Å². The monoisotopic (exact) mass is 216 g/mol. The van der Waals surface area contributed by atoms with E-state index < -0.39 is 0 Å². The van der Waals surface area contributed by atoms with Crippen LogP contribution in [0.2, 0.25) is 0 Å². The fraction of sp³-hybridized carbons (Fsp3) is 0.500. The Morgan fingerprint density at radius 1 is 0.250 bits per heavy atom. The first-order valence-corrected chi connectivity index (χ1v) is 6.60. The average molecular weight is 216 g/mol. The van der Waals surface area contributed by atoms with Crippen molar-refractivity contribution in [1.82, 2.24) is 0 Å². The molecule has 0 amide bonds. The van der Waals surface area contributed by atoms with Crippen LogP contribution in [0.25, 0.3) is 0 Å². The van der Waals surface area contributed by atoms with Crippen LogP contribution in [0.15, 0.2) is 48.6 Å². The third-order valence-electron chi connectivity index (χ3n) is 2.67. The zero-order valence-corrected chi connectivity index (χ0v) is 10.3. The number of rotatable bonds is 0. The molecule has 0 aromatic rings. The molecule has 0 radical (unpaired) electrons. The Morgan fingerprint density at radius 3 is 0.500 bits per heavy atom. The number of allylic oxidation sites excluding steroid dienone is 8. The molecule has 16 heavy (non-hydrogen) atoms. The Morgan fingerprint density at radius 2 is 0.375 bits per heavy atom. The highest BCUT2D eigenvalue weighted by molar-refractivity contribution is 4.94. The Bertz CT molecular complexity index is 173. The summed E-state index contributed by atoms with van der Waals surface area (Å²) in [5.41, 5.74) is 0. The Labute approximate surface area is 100 Å². The maximum atomic E-state index is 2.27. The Kier molecular flexibility index (Phi) is 8.53. The van der Waals surface area contributed by atoms with E-state index in [0.717, 1.165) is 0 Å². The summed E-state index contributed by atoms with van der Waals surface area (Å²) < 4.78 is 0. The molecule has 0 N–H and O–H groups in total. The van der Waals surface area contributed by atoms with Crippen LogP contribution in [-0.4, -0.2) is 0 Å². The quantitative estimate of drug-likeness (QED) is 0.479. The molecule has 0 aliphatic heterocycles. The standard InChI is InChI=1S/2C8H12/c2*1-2-4-6-8-7-5-3-1/h2*1-2,7-8H,3-6H2.